The Bertz CT molecular complexity index is 1090. The number of likely N-dealkylation sites (N-methyl/N-ethyl adjacent to an activating group) is 1. The Morgan fingerprint density at radius 1 is 1.16 bits per heavy atom. The lowest BCUT2D eigenvalue weighted by Crippen LogP contribution is -2.35. The van der Waals surface area contributed by atoms with E-state index < -0.39 is 15.9 Å². The van der Waals surface area contributed by atoms with Crippen molar-refractivity contribution in [2.24, 2.45) is 0 Å². The molecule has 1 atom stereocenters. The summed E-state index contributed by atoms with van der Waals surface area (Å²) >= 11 is 0. The number of benzene rings is 2. The number of carbonyl (C=O) groups is 2. The topological polar surface area (TPSA) is 86.8 Å². The molecule has 2 aromatic rings. The van der Waals surface area contributed by atoms with Crippen molar-refractivity contribution >= 4 is 33.2 Å². The highest BCUT2D eigenvalue weighted by Crippen LogP contribution is 2.34. The summed E-state index contributed by atoms with van der Waals surface area (Å²) in [5.74, 6) is -0.100. The van der Waals surface area contributed by atoms with Crippen LogP contribution in [0.4, 0.5) is 11.4 Å². The fourth-order valence-electron chi connectivity index (χ4n) is 3.87. The first-order chi connectivity index (χ1) is 14.5. The van der Waals surface area contributed by atoms with Crippen LogP contribution in [0.5, 0.6) is 0 Å². The Morgan fingerprint density at radius 2 is 1.81 bits per heavy atom. The molecule has 3 rings (SSSR count). The highest BCUT2D eigenvalue weighted by Gasteiger charge is 2.31. The van der Waals surface area contributed by atoms with E-state index in [0.29, 0.717) is 18.0 Å². The number of hydrogen-bond donors (Lipinski definition) is 1. The van der Waals surface area contributed by atoms with Gasteiger partial charge in [-0.25, -0.2) is 8.42 Å². The summed E-state index contributed by atoms with van der Waals surface area (Å²) in [6.45, 7) is 7.30. The van der Waals surface area contributed by atoms with Crippen LogP contribution in [0.3, 0.4) is 0 Å². The van der Waals surface area contributed by atoms with Crippen LogP contribution in [0.1, 0.15) is 44.7 Å². The Morgan fingerprint density at radius 3 is 2.39 bits per heavy atom. The number of carbonyl (C=O) groups excluding carboxylic acids is 2. The number of anilines is 2. The molecule has 1 aliphatic rings. The first-order valence-corrected chi connectivity index (χ1v) is 11.7. The molecule has 0 aliphatic carbocycles. The first kappa shape index (κ1) is 23.0. The number of fused-ring (bicyclic) bond motifs is 1. The summed E-state index contributed by atoms with van der Waals surface area (Å²) in [6.07, 6.45) is 0.592. The molecule has 0 aromatic heterocycles. The van der Waals surface area contributed by atoms with Crippen LogP contribution in [0, 0.1) is 0 Å². The SMILES string of the molecule is CC(=O)N1c2ccc(S(=O)(=O)N(C)CC(=O)Nc3ccc(C(C)C)cc3)cc2CC1C. The normalized spacial score (nSPS) is 16.0. The molecular formula is C23H29N3O4S. The third-order valence-corrected chi connectivity index (χ3v) is 7.34. The summed E-state index contributed by atoms with van der Waals surface area (Å²) in [6, 6.07) is 12.2. The molecule has 1 heterocycles. The van der Waals surface area contributed by atoms with Gasteiger partial charge in [0.2, 0.25) is 21.8 Å². The zero-order chi connectivity index (χ0) is 22.9. The van der Waals surface area contributed by atoms with E-state index in [1.165, 1.54) is 20.0 Å². The highest BCUT2D eigenvalue weighted by molar-refractivity contribution is 7.89. The average Bonchev–Trinajstić information content (AvgIpc) is 3.03. The van der Waals surface area contributed by atoms with Gasteiger partial charge < -0.3 is 10.2 Å². The minimum absolute atomic E-state index is 0.0176. The second-order valence-electron chi connectivity index (χ2n) is 8.32. The molecule has 0 radical (unpaired) electrons. The van der Waals surface area contributed by atoms with Crippen LogP contribution in [0.2, 0.25) is 0 Å². The van der Waals surface area contributed by atoms with E-state index in [4.69, 9.17) is 0 Å². The van der Waals surface area contributed by atoms with Crippen molar-refractivity contribution in [2.75, 3.05) is 23.8 Å². The van der Waals surface area contributed by atoms with E-state index in [1.54, 1.807) is 17.0 Å². The van der Waals surface area contributed by atoms with E-state index in [-0.39, 0.29) is 23.4 Å². The molecule has 0 bridgehead atoms. The van der Waals surface area contributed by atoms with Gasteiger partial charge in [-0.1, -0.05) is 26.0 Å². The van der Waals surface area contributed by atoms with Gasteiger partial charge in [0.15, 0.2) is 0 Å². The monoisotopic (exact) mass is 443 g/mol. The van der Waals surface area contributed by atoms with Crippen molar-refractivity contribution in [1.82, 2.24) is 4.31 Å². The Labute approximate surface area is 184 Å². The maximum absolute atomic E-state index is 13.0. The number of rotatable bonds is 6. The molecule has 2 amide bonds. The van der Waals surface area contributed by atoms with Crippen molar-refractivity contribution in [2.45, 2.75) is 51.0 Å². The van der Waals surface area contributed by atoms with Gasteiger partial charge in [0, 0.05) is 31.4 Å². The number of amides is 2. The van der Waals surface area contributed by atoms with Gasteiger partial charge >= 0.3 is 0 Å². The Hall–Kier alpha value is -2.71. The van der Waals surface area contributed by atoms with E-state index in [1.807, 2.05) is 31.2 Å². The number of nitrogens with zero attached hydrogens (tertiary/aromatic N) is 2. The molecular weight excluding hydrogens is 414 g/mol. The molecule has 0 saturated carbocycles. The van der Waals surface area contributed by atoms with Crippen molar-refractivity contribution in [1.29, 1.82) is 0 Å². The maximum atomic E-state index is 13.0. The second kappa shape index (κ2) is 8.80. The molecule has 1 N–H and O–H groups in total. The predicted octanol–water partition coefficient (Wildman–Crippen LogP) is 3.37. The molecule has 1 aliphatic heterocycles. The molecule has 8 heteroatoms. The number of sulfonamides is 1. The van der Waals surface area contributed by atoms with E-state index in [2.05, 4.69) is 19.2 Å². The zero-order valence-electron chi connectivity index (χ0n) is 18.5. The van der Waals surface area contributed by atoms with Crippen LogP contribution in [-0.2, 0) is 26.0 Å². The van der Waals surface area contributed by atoms with E-state index in [0.717, 1.165) is 21.1 Å². The lowest BCUT2D eigenvalue weighted by Gasteiger charge is -2.21. The van der Waals surface area contributed by atoms with Gasteiger partial charge in [0.1, 0.15) is 0 Å². The van der Waals surface area contributed by atoms with Gasteiger partial charge in [0.25, 0.3) is 0 Å². The quantitative estimate of drug-likeness (QED) is 0.742. The van der Waals surface area contributed by atoms with Crippen LogP contribution < -0.4 is 10.2 Å². The average molecular weight is 444 g/mol. The fraction of sp³-hybridized carbons (Fsp3) is 0.391. The Balaban J connectivity index is 1.71. The van der Waals surface area contributed by atoms with Crippen molar-refractivity contribution < 1.29 is 18.0 Å². The minimum atomic E-state index is -3.85. The first-order valence-electron chi connectivity index (χ1n) is 10.3. The van der Waals surface area contributed by atoms with Crippen molar-refractivity contribution in [3.05, 3.63) is 53.6 Å². The van der Waals surface area contributed by atoms with Crippen LogP contribution in [-0.4, -0.2) is 44.2 Å². The van der Waals surface area contributed by atoms with Gasteiger partial charge in [-0.3, -0.25) is 9.59 Å². The molecule has 7 nitrogen and oxygen atoms in total. The highest BCUT2D eigenvalue weighted by atomic mass is 32.2. The number of hydrogen-bond acceptors (Lipinski definition) is 4. The van der Waals surface area contributed by atoms with Crippen molar-refractivity contribution in [3.8, 4) is 0 Å². The standard InChI is InChI=1S/C23H29N3O4S/c1-15(2)18-6-8-20(9-7-18)24-23(28)14-25(5)31(29,30)21-10-11-22-19(13-21)12-16(3)26(22)17(4)27/h6-11,13,15-16H,12,14H2,1-5H3,(H,24,28). The van der Waals surface area contributed by atoms with Crippen LogP contribution in [0.15, 0.2) is 47.4 Å². The summed E-state index contributed by atoms with van der Waals surface area (Å²) in [4.78, 5) is 26.1. The second-order valence-corrected chi connectivity index (χ2v) is 10.4. The molecule has 0 spiro atoms. The Kier molecular flexibility index (Phi) is 6.52. The van der Waals surface area contributed by atoms with E-state index in [9.17, 15) is 18.0 Å². The summed E-state index contributed by atoms with van der Waals surface area (Å²) in [7, 11) is -2.47. The lowest BCUT2D eigenvalue weighted by atomic mass is 10.0. The molecule has 31 heavy (non-hydrogen) atoms. The smallest absolute Gasteiger partial charge is 0.243 e. The van der Waals surface area contributed by atoms with Gasteiger partial charge in [-0.15, -0.1) is 0 Å². The summed E-state index contributed by atoms with van der Waals surface area (Å²) in [5, 5.41) is 2.74. The maximum Gasteiger partial charge on any atom is 0.243 e. The summed E-state index contributed by atoms with van der Waals surface area (Å²) < 4.78 is 27.0. The zero-order valence-corrected chi connectivity index (χ0v) is 19.4. The summed E-state index contributed by atoms with van der Waals surface area (Å²) in [5.41, 5.74) is 3.33. The minimum Gasteiger partial charge on any atom is -0.325 e. The van der Waals surface area contributed by atoms with Gasteiger partial charge in [-0.2, -0.15) is 4.31 Å². The molecule has 1 unspecified atom stereocenters. The van der Waals surface area contributed by atoms with Crippen molar-refractivity contribution in [3.63, 3.8) is 0 Å². The lowest BCUT2D eigenvalue weighted by molar-refractivity contribution is -0.117. The molecule has 2 aromatic carbocycles. The van der Waals surface area contributed by atoms with Gasteiger partial charge in [0.05, 0.1) is 11.4 Å². The van der Waals surface area contributed by atoms with Crippen LogP contribution in [0.25, 0.3) is 0 Å². The molecule has 166 valence electrons. The van der Waals surface area contributed by atoms with Gasteiger partial charge in [-0.05, 0) is 60.7 Å². The van der Waals surface area contributed by atoms with Crippen LogP contribution >= 0.6 is 0 Å². The van der Waals surface area contributed by atoms with E-state index >= 15 is 0 Å². The molecule has 0 saturated heterocycles. The largest absolute Gasteiger partial charge is 0.325 e. The third kappa shape index (κ3) is 4.80. The fourth-order valence-corrected chi connectivity index (χ4v) is 5.05. The third-order valence-electron chi connectivity index (χ3n) is 5.54. The predicted molar refractivity (Wildman–Crippen MR) is 122 cm³/mol. The molecule has 0 fully saturated rings. The number of nitrogens with one attached hydrogen (secondary N) is 1.